The summed E-state index contributed by atoms with van der Waals surface area (Å²) in [5.41, 5.74) is 4.48. The van der Waals surface area contributed by atoms with Crippen molar-refractivity contribution in [1.29, 1.82) is 0 Å². The first kappa shape index (κ1) is 21.4. The number of fused-ring (bicyclic) bond motifs is 1. The number of para-hydroxylation sites is 1. The Bertz CT molecular complexity index is 995. The van der Waals surface area contributed by atoms with Gasteiger partial charge in [-0.15, -0.1) is 0 Å². The molecule has 0 radical (unpaired) electrons. The summed E-state index contributed by atoms with van der Waals surface area (Å²) in [5.74, 6) is 5.81. The Morgan fingerprint density at radius 1 is 1.10 bits per heavy atom. The van der Waals surface area contributed by atoms with Crippen molar-refractivity contribution in [2.24, 2.45) is 11.8 Å². The van der Waals surface area contributed by atoms with Gasteiger partial charge in [0.2, 0.25) is 0 Å². The molecule has 158 valence electrons. The number of rotatable bonds is 9. The van der Waals surface area contributed by atoms with E-state index in [2.05, 4.69) is 29.6 Å². The second-order valence-electron chi connectivity index (χ2n) is 7.65. The van der Waals surface area contributed by atoms with Crippen LogP contribution in [0.25, 0.3) is 10.9 Å². The molecule has 0 aliphatic rings. The summed E-state index contributed by atoms with van der Waals surface area (Å²) < 4.78 is 5.68. The molecule has 0 fully saturated rings. The van der Waals surface area contributed by atoms with Crippen molar-refractivity contribution in [1.82, 2.24) is 15.7 Å². The summed E-state index contributed by atoms with van der Waals surface area (Å²) in [6, 6.07) is 13.9. The van der Waals surface area contributed by atoms with Crippen LogP contribution in [0.1, 0.15) is 36.2 Å². The largest absolute Gasteiger partial charge is 0.494 e. The summed E-state index contributed by atoms with van der Waals surface area (Å²) in [5, 5.41) is 3.78. The maximum atomic E-state index is 12.7. The van der Waals surface area contributed by atoms with Gasteiger partial charge in [-0.2, -0.15) is 0 Å². The predicted molar refractivity (Wildman–Crippen MR) is 117 cm³/mol. The quantitative estimate of drug-likeness (QED) is 0.248. The number of hydrogen-bond donors (Lipinski definition) is 4. The van der Waals surface area contributed by atoms with E-state index in [9.17, 15) is 9.59 Å². The first-order chi connectivity index (χ1) is 14.5. The van der Waals surface area contributed by atoms with E-state index in [-0.39, 0.29) is 5.91 Å². The Balaban J connectivity index is 1.67. The zero-order chi connectivity index (χ0) is 21.5. The average molecular weight is 409 g/mol. The highest BCUT2D eigenvalue weighted by atomic mass is 16.5. The van der Waals surface area contributed by atoms with Crippen LogP contribution in [0.2, 0.25) is 0 Å². The fraction of sp³-hybridized carbons (Fsp3) is 0.304. The van der Waals surface area contributed by atoms with Crippen LogP contribution in [-0.4, -0.2) is 29.4 Å². The van der Waals surface area contributed by atoms with Gasteiger partial charge in [0.1, 0.15) is 11.8 Å². The Labute approximate surface area is 176 Å². The average Bonchev–Trinajstić information content (AvgIpc) is 3.16. The number of amides is 2. The molecule has 7 heteroatoms. The van der Waals surface area contributed by atoms with E-state index in [1.807, 2.05) is 30.5 Å². The molecule has 7 nitrogen and oxygen atoms in total. The van der Waals surface area contributed by atoms with Gasteiger partial charge >= 0.3 is 0 Å². The molecule has 1 atom stereocenters. The minimum atomic E-state index is -0.802. The standard InChI is InChI=1S/C23H28N4O3/c1-15(2)11-12-30-18-9-7-16(8-10-18)22(28)26-21(23(29)27-24)13-17-14-25-20-6-4-3-5-19(17)20/h3-10,14-15,21,25H,11-13,24H2,1-2H3,(H,26,28)(H,27,29)/t21-/m0/s1. The lowest BCUT2D eigenvalue weighted by molar-refractivity contribution is -0.123. The molecular formula is C23H28N4O3. The molecule has 0 saturated carbocycles. The highest BCUT2D eigenvalue weighted by molar-refractivity contribution is 5.98. The van der Waals surface area contributed by atoms with Crippen molar-refractivity contribution in [2.75, 3.05) is 6.61 Å². The first-order valence-corrected chi connectivity index (χ1v) is 10.1. The molecule has 0 aliphatic heterocycles. The van der Waals surface area contributed by atoms with Gasteiger partial charge in [-0.25, -0.2) is 5.84 Å². The third-order valence-corrected chi connectivity index (χ3v) is 4.94. The van der Waals surface area contributed by atoms with Crippen molar-refractivity contribution in [2.45, 2.75) is 32.7 Å². The first-order valence-electron chi connectivity index (χ1n) is 10.1. The van der Waals surface area contributed by atoms with Crippen LogP contribution >= 0.6 is 0 Å². The smallest absolute Gasteiger partial charge is 0.256 e. The SMILES string of the molecule is CC(C)CCOc1ccc(C(=O)N[C@@H](Cc2c[nH]c3ccccc23)C(=O)NN)cc1. The van der Waals surface area contributed by atoms with Crippen molar-refractivity contribution in [3.63, 3.8) is 0 Å². The van der Waals surface area contributed by atoms with Gasteiger partial charge in [-0.1, -0.05) is 32.0 Å². The van der Waals surface area contributed by atoms with Gasteiger partial charge < -0.3 is 15.0 Å². The summed E-state index contributed by atoms with van der Waals surface area (Å²) in [4.78, 5) is 28.2. The second-order valence-corrected chi connectivity index (χ2v) is 7.65. The van der Waals surface area contributed by atoms with Gasteiger partial charge in [0.05, 0.1) is 6.61 Å². The number of aromatic amines is 1. The molecule has 5 N–H and O–H groups in total. The van der Waals surface area contributed by atoms with E-state index in [0.29, 0.717) is 30.3 Å². The topological polar surface area (TPSA) is 109 Å². The Kier molecular flexibility index (Phi) is 7.08. The molecule has 2 aromatic carbocycles. The lowest BCUT2D eigenvalue weighted by Gasteiger charge is -2.17. The van der Waals surface area contributed by atoms with E-state index < -0.39 is 11.9 Å². The van der Waals surface area contributed by atoms with Crippen LogP contribution in [0.15, 0.2) is 54.7 Å². The summed E-state index contributed by atoms with van der Waals surface area (Å²) in [6.07, 6.45) is 3.12. The highest BCUT2D eigenvalue weighted by Gasteiger charge is 2.22. The Morgan fingerprint density at radius 2 is 1.83 bits per heavy atom. The van der Waals surface area contributed by atoms with Crippen LogP contribution < -0.4 is 21.3 Å². The van der Waals surface area contributed by atoms with Gasteiger partial charge in [0.15, 0.2) is 0 Å². The monoisotopic (exact) mass is 408 g/mol. The third kappa shape index (κ3) is 5.39. The number of aromatic nitrogens is 1. The van der Waals surface area contributed by atoms with E-state index in [4.69, 9.17) is 10.6 Å². The molecule has 0 saturated heterocycles. The van der Waals surface area contributed by atoms with Crippen LogP contribution in [-0.2, 0) is 11.2 Å². The van der Waals surface area contributed by atoms with Crippen molar-refractivity contribution in [3.8, 4) is 5.75 Å². The van der Waals surface area contributed by atoms with Crippen molar-refractivity contribution in [3.05, 3.63) is 65.9 Å². The molecule has 1 heterocycles. The minimum Gasteiger partial charge on any atom is -0.494 e. The summed E-state index contributed by atoms with van der Waals surface area (Å²) >= 11 is 0. The molecule has 0 unspecified atom stereocenters. The van der Waals surface area contributed by atoms with Crippen molar-refractivity contribution < 1.29 is 14.3 Å². The predicted octanol–water partition coefficient (Wildman–Crippen LogP) is 2.92. The molecule has 0 aliphatic carbocycles. The molecule has 0 bridgehead atoms. The van der Waals surface area contributed by atoms with E-state index >= 15 is 0 Å². The highest BCUT2D eigenvalue weighted by Crippen LogP contribution is 2.19. The number of benzene rings is 2. The lowest BCUT2D eigenvalue weighted by atomic mass is 10.0. The zero-order valence-electron chi connectivity index (χ0n) is 17.3. The van der Waals surface area contributed by atoms with Crippen LogP contribution in [0, 0.1) is 5.92 Å². The molecule has 3 aromatic rings. The maximum Gasteiger partial charge on any atom is 0.256 e. The number of hydrogen-bond acceptors (Lipinski definition) is 4. The van der Waals surface area contributed by atoms with Gasteiger partial charge in [-0.05, 0) is 48.2 Å². The molecule has 0 spiro atoms. The number of nitrogens with two attached hydrogens (primary N) is 1. The summed E-state index contributed by atoms with van der Waals surface area (Å²) in [6.45, 7) is 4.91. The Hall–Kier alpha value is -3.32. The van der Waals surface area contributed by atoms with Gasteiger partial charge in [-0.3, -0.25) is 15.0 Å². The third-order valence-electron chi connectivity index (χ3n) is 4.94. The molecule has 30 heavy (non-hydrogen) atoms. The number of carbonyl (C=O) groups excluding carboxylic acids is 2. The van der Waals surface area contributed by atoms with Gasteiger partial charge in [0, 0.05) is 29.1 Å². The maximum absolute atomic E-state index is 12.7. The molecule has 2 amide bonds. The number of ether oxygens (including phenoxy) is 1. The Morgan fingerprint density at radius 3 is 2.53 bits per heavy atom. The minimum absolute atomic E-state index is 0.315. The van der Waals surface area contributed by atoms with E-state index in [0.717, 1.165) is 22.9 Å². The number of carbonyl (C=O) groups is 2. The number of hydrazine groups is 1. The molecule has 3 rings (SSSR count). The fourth-order valence-electron chi connectivity index (χ4n) is 3.19. The second kappa shape index (κ2) is 9.93. The molecular weight excluding hydrogens is 380 g/mol. The number of H-pyrrole nitrogens is 1. The van der Waals surface area contributed by atoms with Crippen molar-refractivity contribution >= 4 is 22.7 Å². The molecule has 1 aromatic heterocycles. The number of nitrogens with one attached hydrogen (secondary N) is 3. The van der Waals surface area contributed by atoms with Crippen LogP contribution in [0.3, 0.4) is 0 Å². The van der Waals surface area contributed by atoms with E-state index in [1.54, 1.807) is 24.3 Å². The zero-order valence-corrected chi connectivity index (χ0v) is 17.3. The summed E-state index contributed by atoms with van der Waals surface area (Å²) in [7, 11) is 0. The van der Waals surface area contributed by atoms with E-state index in [1.165, 1.54) is 0 Å². The normalized spacial score (nSPS) is 12.0. The lowest BCUT2D eigenvalue weighted by Crippen LogP contribution is -2.50. The van der Waals surface area contributed by atoms with Gasteiger partial charge in [0.25, 0.3) is 11.8 Å². The fourth-order valence-corrected chi connectivity index (χ4v) is 3.19. The van der Waals surface area contributed by atoms with Crippen LogP contribution in [0.4, 0.5) is 0 Å². The van der Waals surface area contributed by atoms with Crippen LogP contribution in [0.5, 0.6) is 5.75 Å².